The Balaban J connectivity index is 0.00000144. The molecule has 6 nitrogen and oxygen atoms in total. The number of carbonyl (C=O) groups is 1. The third-order valence-electron chi connectivity index (χ3n) is 3.44. The summed E-state index contributed by atoms with van der Waals surface area (Å²) in [5, 5.41) is 5.92. The monoisotopic (exact) mass is 373 g/mol. The van der Waals surface area contributed by atoms with Crippen molar-refractivity contribution in [2.24, 2.45) is 0 Å². The minimum Gasteiger partial charge on any atom is -0.368 e. The second-order valence-corrected chi connectivity index (χ2v) is 4.98. The Morgan fingerprint density at radius 1 is 1.17 bits per heavy atom. The van der Waals surface area contributed by atoms with Gasteiger partial charge in [0.15, 0.2) is 0 Å². The van der Waals surface area contributed by atoms with E-state index in [4.69, 9.17) is 0 Å². The van der Waals surface area contributed by atoms with E-state index < -0.39 is 11.7 Å². The van der Waals surface area contributed by atoms with Gasteiger partial charge in [0, 0.05) is 32.4 Å². The van der Waals surface area contributed by atoms with Gasteiger partial charge in [-0.25, -0.2) is 9.37 Å². The zero-order valence-corrected chi connectivity index (χ0v) is 14.4. The molecule has 1 aliphatic rings. The first-order valence-electron chi connectivity index (χ1n) is 7.06. The Hall–Kier alpha value is -1.96. The van der Waals surface area contributed by atoms with Gasteiger partial charge in [-0.1, -0.05) is 0 Å². The van der Waals surface area contributed by atoms with Crippen LogP contribution in [0, 0.1) is 5.82 Å². The van der Waals surface area contributed by atoms with Crippen LogP contribution in [0.3, 0.4) is 0 Å². The molecule has 2 N–H and O–H groups in total. The van der Waals surface area contributed by atoms with Crippen molar-refractivity contribution in [2.45, 2.75) is 0 Å². The van der Waals surface area contributed by atoms with E-state index in [1.54, 1.807) is 12.3 Å². The molecule has 1 fully saturated rings. The molecule has 0 aliphatic carbocycles. The first kappa shape index (κ1) is 20.1. The van der Waals surface area contributed by atoms with Crippen LogP contribution in [-0.2, 0) is 0 Å². The van der Waals surface area contributed by atoms with Crippen molar-refractivity contribution in [1.29, 1.82) is 0 Å². The summed E-state index contributed by atoms with van der Waals surface area (Å²) in [5.41, 5.74) is 1.18. The summed E-state index contributed by atoms with van der Waals surface area (Å²) in [7, 11) is 0. The Morgan fingerprint density at radius 2 is 1.92 bits per heavy atom. The average Bonchev–Trinajstić information content (AvgIpc) is 2.56. The highest BCUT2D eigenvalue weighted by Crippen LogP contribution is 2.16. The van der Waals surface area contributed by atoms with Crippen LogP contribution < -0.4 is 15.5 Å². The van der Waals surface area contributed by atoms with Crippen molar-refractivity contribution in [3.8, 4) is 0 Å². The summed E-state index contributed by atoms with van der Waals surface area (Å²) in [6, 6.07) is 4.79. The number of nitrogens with zero attached hydrogens (tertiary/aromatic N) is 3. The first-order valence-corrected chi connectivity index (χ1v) is 7.06. The van der Waals surface area contributed by atoms with Gasteiger partial charge >= 0.3 is 0 Å². The molecule has 1 amide bonds. The fourth-order valence-electron chi connectivity index (χ4n) is 2.29. The molecule has 1 saturated heterocycles. The highest BCUT2D eigenvalue weighted by atomic mass is 35.5. The van der Waals surface area contributed by atoms with E-state index >= 15 is 0 Å². The lowest BCUT2D eigenvalue weighted by Gasteiger charge is -2.29. The molecule has 0 bridgehead atoms. The maximum absolute atomic E-state index is 13.1. The van der Waals surface area contributed by atoms with Gasteiger partial charge in [0.25, 0.3) is 5.91 Å². The molecule has 1 aliphatic heterocycles. The van der Waals surface area contributed by atoms with E-state index in [0.717, 1.165) is 44.1 Å². The number of rotatable bonds is 3. The molecule has 24 heavy (non-hydrogen) atoms. The SMILES string of the molecule is Cl.Cl.O=C(Nc1ccc(N2CCNCC2)cn1)c1cncc(F)c1. The normalized spacial score (nSPS) is 13.5. The van der Waals surface area contributed by atoms with E-state index in [9.17, 15) is 9.18 Å². The van der Waals surface area contributed by atoms with Crippen molar-refractivity contribution >= 4 is 42.2 Å². The van der Waals surface area contributed by atoms with Gasteiger partial charge in [0.2, 0.25) is 0 Å². The molecule has 130 valence electrons. The van der Waals surface area contributed by atoms with E-state index in [1.807, 2.05) is 6.07 Å². The molecule has 0 spiro atoms. The van der Waals surface area contributed by atoms with Crippen LogP contribution in [0.1, 0.15) is 10.4 Å². The largest absolute Gasteiger partial charge is 0.368 e. The van der Waals surface area contributed by atoms with Crippen LogP contribution in [0.4, 0.5) is 15.9 Å². The van der Waals surface area contributed by atoms with Gasteiger partial charge in [0.05, 0.1) is 23.6 Å². The molecular formula is C15H18Cl2FN5O. The summed E-state index contributed by atoms with van der Waals surface area (Å²) in [4.78, 5) is 22.1. The van der Waals surface area contributed by atoms with Crippen molar-refractivity contribution in [1.82, 2.24) is 15.3 Å². The predicted octanol–water partition coefficient (Wildman–Crippen LogP) is 2.12. The fraction of sp³-hybridized carbons (Fsp3) is 0.267. The number of hydrogen-bond acceptors (Lipinski definition) is 5. The minimum absolute atomic E-state index is 0. The van der Waals surface area contributed by atoms with Gasteiger partial charge in [-0.2, -0.15) is 0 Å². The molecule has 2 aromatic heterocycles. The molecule has 2 aromatic rings. The second-order valence-electron chi connectivity index (χ2n) is 4.98. The molecule has 0 atom stereocenters. The zero-order valence-electron chi connectivity index (χ0n) is 12.7. The van der Waals surface area contributed by atoms with Crippen LogP contribution in [0.25, 0.3) is 0 Å². The van der Waals surface area contributed by atoms with Crippen LogP contribution in [0.15, 0.2) is 36.8 Å². The molecule has 9 heteroatoms. The lowest BCUT2D eigenvalue weighted by molar-refractivity contribution is 0.102. The van der Waals surface area contributed by atoms with Crippen LogP contribution in [0.5, 0.6) is 0 Å². The standard InChI is InChI=1S/C15H16FN5O.2ClH/c16-12-7-11(8-18-9-12)15(22)20-14-2-1-13(10-19-14)21-5-3-17-4-6-21;;/h1-2,7-10,17H,3-6H2,(H,19,20,22);2*1H. The van der Waals surface area contributed by atoms with Crippen molar-refractivity contribution in [2.75, 3.05) is 36.4 Å². The van der Waals surface area contributed by atoms with Crippen LogP contribution in [0.2, 0.25) is 0 Å². The van der Waals surface area contributed by atoms with Gasteiger partial charge in [-0.3, -0.25) is 9.78 Å². The Kier molecular flexibility index (Phi) is 7.84. The van der Waals surface area contributed by atoms with Crippen molar-refractivity contribution in [3.05, 3.63) is 48.2 Å². The van der Waals surface area contributed by atoms with E-state index in [2.05, 4.69) is 25.5 Å². The molecular weight excluding hydrogens is 356 g/mol. The maximum Gasteiger partial charge on any atom is 0.258 e. The lowest BCUT2D eigenvalue weighted by Crippen LogP contribution is -2.43. The number of anilines is 2. The van der Waals surface area contributed by atoms with Gasteiger partial charge in [-0.05, 0) is 18.2 Å². The Morgan fingerprint density at radius 3 is 2.54 bits per heavy atom. The number of halogens is 3. The molecule has 0 aromatic carbocycles. The maximum atomic E-state index is 13.1. The highest BCUT2D eigenvalue weighted by Gasteiger charge is 2.12. The number of carbonyl (C=O) groups excluding carboxylic acids is 1. The highest BCUT2D eigenvalue weighted by molar-refractivity contribution is 6.03. The van der Waals surface area contributed by atoms with E-state index in [-0.39, 0.29) is 30.4 Å². The lowest BCUT2D eigenvalue weighted by atomic mass is 10.2. The molecule has 3 rings (SSSR count). The number of hydrogen-bond donors (Lipinski definition) is 2. The minimum atomic E-state index is -0.547. The van der Waals surface area contributed by atoms with Crippen molar-refractivity contribution < 1.29 is 9.18 Å². The summed E-state index contributed by atoms with van der Waals surface area (Å²) in [6.07, 6.45) is 4.09. The molecule has 3 heterocycles. The first-order chi connectivity index (χ1) is 10.7. The molecule has 0 unspecified atom stereocenters. The number of amides is 1. The third kappa shape index (κ3) is 5.02. The summed E-state index contributed by atoms with van der Waals surface area (Å²) >= 11 is 0. The van der Waals surface area contributed by atoms with Crippen LogP contribution >= 0.6 is 24.8 Å². The average molecular weight is 374 g/mol. The van der Waals surface area contributed by atoms with E-state index in [1.165, 1.54) is 6.20 Å². The fourth-order valence-corrected chi connectivity index (χ4v) is 2.29. The van der Waals surface area contributed by atoms with Crippen molar-refractivity contribution in [3.63, 3.8) is 0 Å². The zero-order chi connectivity index (χ0) is 15.4. The predicted molar refractivity (Wildman–Crippen MR) is 96.0 cm³/mol. The summed E-state index contributed by atoms with van der Waals surface area (Å²) in [6.45, 7) is 3.76. The van der Waals surface area contributed by atoms with E-state index in [0.29, 0.717) is 5.82 Å². The Labute approximate surface area is 151 Å². The summed E-state index contributed by atoms with van der Waals surface area (Å²) < 4.78 is 13.1. The summed E-state index contributed by atoms with van der Waals surface area (Å²) in [5.74, 6) is -0.558. The smallest absolute Gasteiger partial charge is 0.258 e. The molecule has 0 radical (unpaired) electrons. The van der Waals surface area contributed by atoms with Gasteiger partial charge in [-0.15, -0.1) is 24.8 Å². The number of piperazine rings is 1. The number of nitrogens with one attached hydrogen (secondary N) is 2. The van der Waals surface area contributed by atoms with Gasteiger partial charge < -0.3 is 15.5 Å². The number of pyridine rings is 2. The molecule has 0 saturated carbocycles. The Bertz CT molecular complexity index is 665. The third-order valence-corrected chi connectivity index (χ3v) is 3.44. The quantitative estimate of drug-likeness (QED) is 0.862. The van der Waals surface area contributed by atoms with Crippen LogP contribution in [-0.4, -0.2) is 42.1 Å². The second kappa shape index (κ2) is 9.36. The number of aromatic nitrogens is 2. The van der Waals surface area contributed by atoms with Gasteiger partial charge in [0.1, 0.15) is 11.6 Å². The topological polar surface area (TPSA) is 70.2 Å².